The first-order chi connectivity index (χ1) is 7.99. The van der Waals surface area contributed by atoms with Crippen molar-refractivity contribution in [2.45, 2.75) is 17.1 Å². The topological polar surface area (TPSA) is 55.8 Å². The van der Waals surface area contributed by atoms with E-state index in [0.717, 1.165) is 0 Å². The maximum atomic E-state index is 10.8. The summed E-state index contributed by atoms with van der Waals surface area (Å²) >= 11 is 7.15. The highest BCUT2D eigenvalue weighted by molar-refractivity contribution is 8.00. The van der Waals surface area contributed by atoms with Crippen LogP contribution in [0.5, 0.6) is 11.5 Å². The zero-order valence-electron chi connectivity index (χ0n) is 9.69. The van der Waals surface area contributed by atoms with E-state index in [1.165, 1.54) is 26.0 Å². The Kier molecular flexibility index (Phi) is 4.96. The van der Waals surface area contributed by atoms with E-state index in [9.17, 15) is 4.79 Å². The van der Waals surface area contributed by atoms with Crippen molar-refractivity contribution in [3.05, 3.63) is 17.2 Å². The first kappa shape index (κ1) is 14.0. The van der Waals surface area contributed by atoms with Crippen LogP contribution in [-0.2, 0) is 4.79 Å². The second-order valence-corrected chi connectivity index (χ2v) is 5.03. The van der Waals surface area contributed by atoms with E-state index in [0.29, 0.717) is 21.4 Å². The number of benzene rings is 1. The lowest BCUT2D eigenvalue weighted by atomic mass is 10.3. The van der Waals surface area contributed by atoms with Gasteiger partial charge in [0, 0.05) is 6.07 Å². The van der Waals surface area contributed by atoms with Crippen molar-refractivity contribution in [1.82, 2.24) is 0 Å². The van der Waals surface area contributed by atoms with Crippen LogP contribution < -0.4 is 9.47 Å². The van der Waals surface area contributed by atoms with Gasteiger partial charge in [0.15, 0.2) is 0 Å². The maximum Gasteiger partial charge on any atom is 0.316 e. The molecular formula is C11H13ClO4S. The molecule has 1 unspecified atom stereocenters. The molecule has 0 aliphatic carbocycles. The second kappa shape index (κ2) is 6.02. The molecule has 17 heavy (non-hydrogen) atoms. The van der Waals surface area contributed by atoms with Gasteiger partial charge in [-0.25, -0.2) is 0 Å². The van der Waals surface area contributed by atoms with Crippen molar-refractivity contribution in [2.24, 2.45) is 0 Å². The first-order valence-electron chi connectivity index (χ1n) is 4.80. The van der Waals surface area contributed by atoms with Gasteiger partial charge in [-0.05, 0) is 13.0 Å². The summed E-state index contributed by atoms with van der Waals surface area (Å²) in [6.45, 7) is 1.60. The van der Waals surface area contributed by atoms with Gasteiger partial charge in [-0.2, -0.15) is 0 Å². The minimum Gasteiger partial charge on any atom is -0.495 e. The Balaban J connectivity index is 3.06. The van der Waals surface area contributed by atoms with Gasteiger partial charge in [0.05, 0.1) is 24.1 Å². The highest BCUT2D eigenvalue weighted by Gasteiger charge is 2.17. The van der Waals surface area contributed by atoms with Crippen molar-refractivity contribution in [1.29, 1.82) is 0 Å². The molecule has 1 rings (SSSR count). The van der Waals surface area contributed by atoms with Gasteiger partial charge in [0.25, 0.3) is 0 Å². The van der Waals surface area contributed by atoms with E-state index >= 15 is 0 Å². The van der Waals surface area contributed by atoms with E-state index in [2.05, 4.69) is 0 Å². The predicted molar refractivity (Wildman–Crippen MR) is 67.5 cm³/mol. The van der Waals surface area contributed by atoms with Gasteiger partial charge in [-0.15, -0.1) is 11.8 Å². The minimum absolute atomic E-state index is 0.424. The number of carboxylic acids is 1. The van der Waals surface area contributed by atoms with Crippen LogP contribution in [-0.4, -0.2) is 30.5 Å². The van der Waals surface area contributed by atoms with E-state index in [1.807, 2.05) is 0 Å². The van der Waals surface area contributed by atoms with Crippen molar-refractivity contribution in [2.75, 3.05) is 14.2 Å². The summed E-state index contributed by atoms with van der Waals surface area (Å²) in [5, 5.41) is 8.71. The van der Waals surface area contributed by atoms with Gasteiger partial charge in [0.1, 0.15) is 16.7 Å². The molecule has 1 aromatic carbocycles. The van der Waals surface area contributed by atoms with Crippen molar-refractivity contribution < 1.29 is 19.4 Å². The van der Waals surface area contributed by atoms with Gasteiger partial charge >= 0.3 is 5.97 Å². The number of carbonyl (C=O) groups is 1. The number of ether oxygens (including phenoxy) is 2. The number of methoxy groups -OCH3 is 2. The van der Waals surface area contributed by atoms with Crippen molar-refractivity contribution in [3.8, 4) is 11.5 Å². The fourth-order valence-corrected chi connectivity index (χ4v) is 2.40. The van der Waals surface area contributed by atoms with Crippen LogP contribution in [0.2, 0.25) is 5.02 Å². The largest absolute Gasteiger partial charge is 0.495 e. The Morgan fingerprint density at radius 1 is 1.35 bits per heavy atom. The molecule has 94 valence electrons. The summed E-state index contributed by atoms with van der Waals surface area (Å²) in [6, 6.07) is 3.28. The molecule has 0 amide bonds. The third-order valence-corrected chi connectivity index (χ3v) is 3.51. The molecule has 0 spiro atoms. The lowest BCUT2D eigenvalue weighted by Gasteiger charge is -2.13. The highest BCUT2D eigenvalue weighted by atomic mass is 35.5. The number of hydrogen-bond donors (Lipinski definition) is 1. The summed E-state index contributed by atoms with van der Waals surface area (Å²) < 4.78 is 10.2. The van der Waals surface area contributed by atoms with Crippen molar-refractivity contribution in [3.63, 3.8) is 0 Å². The predicted octanol–water partition coefficient (Wildman–Crippen LogP) is 2.92. The molecule has 0 aliphatic heterocycles. The Labute approximate surface area is 109 Å². The van der Waals surface area contributed by atoms with Crippen LogP contribution in [0.25, 0.3) is 0 Å². The van der Waals surface area contributed by atoms with Gasteiger partial charge < -0.3 is 14.6 Å². The Bertz CT molecular complexity index is 422. The Morgan fingerprint density at radius 3 is 2.41 bits per heavy atom. The molecule has 0 saturated heterocycles. The number of halogens is 1. The molecule has 1 atom stereocenters. The molecule has 4 nitrogen and oxygen atoms in total. The average Bonchev–Trinajstić information content (AvgIpc) is 2.29. The van der Waals surface area contributed by atoms with E-state index in [1.54, 1.807) is 19.1 Å². The monoisotopic (exact) mass is 276 g/mol. The standard InChI is InChI=1S/C11H13ClO4S/c1-6(11(13)14)17-10-4-7(12)8(15-2)5-9(10)16-3/h4-6H,1-3H3,(H,13,14). The highest BCUT2D eigenvalue weighted by Crippen LogP contribution is 2.39. The van der Waals surface area contributed by atoms with E-state index < -0.39 is 11.2 Å². The molecule has 1 aromatic rings. The molecule has 6 heteroatoms. The summed E-state index contributed by atoms with van der Waals surface area (Å²) in [4.78, 5) is 11.5. The summed E-state index contributed by atoms with van der Waals surface area (Å²) in [5.74, 6) is 0.157. The maximum absolute atomic E-state index is 10.8. The molecule has 0 saturated carbocycles. The summed E-state index contributed by atoms with van der Waals surface area (Å²) in [5.41, 5.74) is 0. The minimum atomic E-state index is -0.885. The first-order valence-corrected chi connectivity index (χ1v) is 6.06. The molecule has 1 N–H and O–H groups in total. The third kappa shape index (κ3) is 3.44. The smallest absolute Gasteiger partial charge is 0.316 e. The number of thioether (sulfide) groups is 1. The molecule has 0 fully saturated rings. The van der Waals surface area contributed by atoms with Gasteiger partial charge in [-0.1, -0.05) is 11.6 Å². The molecule has 0 aromatic heterocycles. The zero-order valence-corrected chi connectivity index (χ0v) is 11.3. The lowest BCUT2D eigenvalue weighted by molar-refractivity contribution is -0.136. The number of carboxylic acid groups (broad SMARTS) is 1. The molecule has 0 bridgehead atoms. The summed E-state index contributed by atoms with van der Waals surface area (Å²) in [7, 11) is 3.02. The molecule has 0 aliphatic rings. The molecule has 0 heterocycles. The molecule has 0 radical (unpaired) electrons. The van der Waals surface area contributed by atoms with Crippen LogP contribution >= 0.6 is 23.4 Å². The third-order valence-electron chi connectivity index (χ3n) is 2.09. The number of rotatable bonds is 5. The van der Waals surface area contributed by atoms with Crippen molar-refractivity contribution >= 4 is 29.3 Å². The van der Waals surface area contributed by atoms with E-state index in [4.69, 9.17) is 26.2 Å². The fourth-order valence-electron chi connectivity index (χ4n) is 1.17. The molecular weight excluding hydrogens is 264 g/mol. The van der Waals surface area contributed by atoms with Crippen LogP contribution in [0.3, 0.4) is 0 Å². The van der Waals surface area contributed by atoms with E-state index in [-0.39, 0.29) is 0 Å². The lowest BCUT2D eigenvalue weighted by Crippen LogP contribution is -2.11. The Hall–Kier alpha value is -1.07. The normalized spacial score (nSPS) is 12.0. The average molecular weight is 277 g/mol. The van der Waals surface area contributed by atoms with Gasteiger partial charge in [0.2, 0.25) is 0 Å². The van der Waals surface area contributed by atoms with Gasteiger partial charge in [-0.3, -0.25) is 4.79 Å². The van der Waals surface area contributed by atoms with Crippen LogP contribution in [0.4, 0.5) is 0 Å². The summed E-state index contributed by atoms with van der Waals surface area (Å²) in [6.07, 6.45) is 0. The zero-order chi connectivity index (χ0) is 13.0. The van der Waals surface area contributed by atoms with Crippen LogP contribution in [0.15, 0.2) is 17.0 Å². The number of hydrogen-bond acceptors (Lipinski definition) is 4. The second-order valence-electron chi connectivity index (χ2n) is 3.24. The number of aliphatic carboxylic acids is 1. The fraction of sp³-hybridized carbons (Fsp3) is 0.364. The van der Waals surface area contributed by atoms with Crippen LogP contribution in [0.1, 0.15) is 6.92 Å². The quantitative estimate of drug-likeness (QED) is 0.838. The SMILES string of the molecule is COc1cc(OC)c(SC(C)C(=O)O)cc1Cl. The van der Waals surface area contributed by atoms with Crippen LogP contribution in [0, 0.1) is 0 Å². The Morgan fingerprint density at radius 2 is 1.94 bits per heavy atom.